The summed E-state index contributed by atoms with van der Waals surface area (Å²) in [6.07, 6.45) is 9.25. The van der Waals surface area contributed by atoms with E-state index >= 15 is 0 Å². The number of nitrogens with one attached hydrogen (secondary N) is 1. The molecule has 0 aromatic carbocycles. The van der Waals surface area contributed by atoms with Gasteiger partial charge >= 0.3 is 6.03 Å². The van der Waals surface area contributed by atoms with E-state index in [1.165, 1.54) is 32.4 Å². The minimum atomic E-state index is -0.352. The highest BCUT2D eigenvalue weighted by atomic mass is 16.7. The lowest BCUT2D eigenvalue weighted by molar-refractivity contribution is -0.201. The number of hydrogen-bond donors (Lipinski definition) is 1. The Morgan fingerprint density at radius 1 is 1.13 bits per heavy atom. The number of fused-ring (bicyclic) bond motifs is 1. The van der Waals surface area contributed by atoms with Crippen molar-refractivity contribution in [2.24, 2.45) is 5.92 Å². The van der Waals surface area contributed by atoms with Crippen LogP contribution in [0.1, 0.15) is 65.2 Å². The smallest absolute Gasteiger partial charge is 0.317 e. The average Bonchev–Trinajstić information content (AvgIpc) is 3.22. The van der Waals surface area contributed by atoms with E-state index in [1.54, 1.807) is 0 Å². The van der Waals surface area contributed by atoms with E-state index in [2.05, 4.69) is 29.0 Å². The van der Waals surface area contributed by atoms with Crippen LogP contribution in [0.25, 0.3) is 0 Å². The number of amides is 2. The third-order valence-corrected chi connectivity index (χ3v) is 7.91. The predicted octanol–water partition coefficient (Wildman–Crippen LogP) is 2.90. The van der Waals surface area contributed by atoms with Gasteiger partial charge in [-0.25, -0.2) is 4.79 Å². The molecular weight excluding hydrogens is 392 g/mol. The zero-order valence-corrected chi connectivity index (χ0v) is 19.8. The van der Waals surface area contributed by atoms with E-state index in [4.69, 9.17) is 9.47 Å². The Hall–Kier alpha value is -0.890. The normalized spacial score (nSPS) is 31.5. The van der Waals surface area contributed by atoms with E-state index in [1.807, 2.05) is 4.90 Å². The summed E-state index contributed by atoms with van der Waals surface area (Å²) in [6.45, 7) is 12.8. The van der Waals surface area contributed by atoms with Crippen molar-refractivity contribution in [2.75, 3.05) is 59.0 Å². The molecule has 4 aliphatic rings. The highest BCUT2D eigenvalue weighted by Crippen LogP contribution is 2.44. The van der Waals surface area contributed by atoms with Crippen molar-refractivity contribution in [1.82, 2.24) is 20.0 Å². The lowest BCUT2D eigenvalue weighted by Gasteiger charge is -2.51. The van der Waals surface area contributed by atoms with Gasteiger partial charge in [0.1, 0.15) is 0 Å². The van der Waals surface area contributed by atoms with Crippen molar-refractivity contribution < 1.29 is 14.3 Å². The number of rotatable bonds is 7. The first kappa shape index (κ1) is 23.3. The molecule has 2 amide bonds. The molecule has 0 aromatic heterocycles. The fourth-order valence-corrected chi connectivity index (χ4v) is 6.34. The Morgan fingerprint density at radius 3 is 2.61 bits per heavy atom. The number of likely N-dealkylation sites (N-methyl/N-ethyl adjacent to an activating group) is 1. The van der Waals surface area contributed by atoms with Gasteiger partial charge in [0.25, 0.3) is 0 Å². The number of urea groups is 1. The first-order valence-corrected chi connectivity index (χ1v) is 12.9. The topological polar surface area (TPSA) is 57.3 Å². The molecule has 3 saturated heterocycles. The summed E-state index contributed by atoms with van der Waals surface area (Å²) >= 11 is 0. The van der Waals surface area contributed by atoms with Crippen LogP contribution < -0.4 is 5.32 Å². The van der Waals surface area contributed by atoms with Crippen LogP contribution >= 0.6 is 0 Å². The second-order valence-electron chi connectivity index (χ2n) is 10.0. The number of likely N-dealkylation sites (tertiary alicyclic amines) is 2. The molecule has 0 radical (unpaired) electrons. The summed E-state index contributed by atoms with van der Waals surface area (Å²) in [5, 5.41) is 3.40. The zero-order valence-electron chi connectivity index (χ0n) is 19.8. The minimum Gasteiger partial charge on any atom is -0.348 e. The van der Waals surface area contributed by atoms with E-state index in [0.29, 0.717) is 12.0 Å². The van der Waals surface area contributed by atoms with E-state index < -0.39 is 0 Å². The number of ether oxygens (including phenoxy) is 2. The molecule has 1 N–H and O–H groups in total. The number of carbonyl (C=O) groups excluding carboxylic acids is 1. The van der Waals surface area contributed by atoms with E-state index in [-0.39, 0.29) is 17.9 Å². The quantitative estimate of drug-likeness (QED) is 0.665. The second kappa shape index (κ2) is 10.8. The maximum atomic E-state index is 13.1. The summed E-state index contributed by atoms with van der Waals surface area (Å²) in [6, 6.07) is 0.923. The summed E-state index contributed by atoms with van der Waals surface area (Å²) in [7, 11) is 0. The van der Waals surface area contributed by atoms with Crippen LogP contribution in [-0.4, -0.2) is 97.6 Å². The van der Waals surface area contributed by atoms with Gasteiger partial charge in [-0.15, -0.1) is 0 Å². The molecule has 178 valence electrons. The van der Waals surface area contributed by atoms with Crippen LogP contribution in [0.15, 0.2) is 0 Å². The van der Waals surface area contributed by atoms with Gasteiger partial charge < -0.3 is 24.6 Å². The average molecular weight is 437 g/mol. The Morgan fingerprint density at radius 2 is 1.90 bits per heavy atom. The van der Waals surface area contributed by atoms with Crippen LogP contribution in [-0.2, 0) is 9.47 Å². The van der Waals surface area contributed by atoms with Gasteiger partial charge in [0, 0.05) is 51.1 Å². The Balaban J connectivity index is 1.33. The van der Waals surface area contributed by atoms with Gasteiger partial charge in [-0.2, -0.15) is 0 Å². The number of hydrogen-bond acceptors (Lipinski definition) is 5. The van der Waals surface area contributed by atoms with Crippen molar-refractivity contribution in [3.8, 4) is 0 Å². The lowest BCUT2D eigenvalue weighted by Crippen LogP contribution is -2.60. The van der Waals surface area contributed by atoms with Crippen LogP contribution in [0.5, 0.6) is 0 Å². The molecule has 3 heterocycles. The molecule has 0 aromatic rings. The van der Waals surface area contributed by atoms with Gasteiger partial charge in [0.2, 0.25) is 0 Å². The molecule has 1 spiro atoms. The molecule has 3 atom stereocenters. The largest absolute Gasteiger partial charge is 0.348 e. The molecular formula is C24H44N4O3. The van der Waals surface area contributed by atoms with Crippen molar-refractivity contribution in [3.05, 3.63) is 0 Å². The van der Waals surface area contributed by atoms with Gasteiger partial charge in [-0.3, -0.25) is 4.90 Å². The summed E-state index contributed by atoms with van der Waals surface area (Å²) in [5.41, 5.74) is 0. The molecule has 4 fully saturated rings. The summed E-state index contributed by atoms with van der Waals surface area (Å²) in [4.78, 5) is 20.3. The van der Waals surface area contributed by atoms with Crippen molar-refractivity contribution >= 4 is 6.03 Å². The lowest BCUT2D eigenvalue weighted by atomic mass is 9.74. The van der Waals surface area contributed by atoms with Crippen LogP contribution in [0.3, 0.4) is 0 Å². The minimum absolute atomic E-state index is 0.110. The molecule has 3 aliphatic heterocycles. The molecule has 1 saturated carbocycles. The fraction of sp³-hybridized carbons (Fsp3) is 0.958. The molecule has 1 aliphatic carbocycles. The maximum Gasteiger partial charge on any atom is 0.317 e. The maximum absolute atomic E-state index is 13.1. The summed E-state index contributed by atoms with van der Waals surface area (Å²) < 4.78 is 12.1. The van der Waals surface area contributed by atoms with Crippen molar-refractivity contribution in [1.29, 1.82) is 0 Å². The first-order valence-electron chi connectivity index (χ1n) is 12.9. The number of nitrogens with zero attached hydrogens (tertiary/aromatic N) is 3. The predicted molar refractivity (Wildman–Crippen MR) is 122 cm³/mol. The highest BCUT2D eigenvalue weighted by Gasteiger charge is 2.49. The monoisotopic (exact) mass is 436 g/mol. The second-order valence-corrected chi connectivity index (χ2v) is 10.0. The highest BCUT2D eigenvalue weighted by molar-refractivity contribution is 5.74. The third-order valence-electron chi connectivity index (χ3n) is 7.91. The van der Waals surface area contributed by atoms with E-state index in [0.717, 1.165) is 78.0 Å². The fourth-order valence-electron chi connectivity index (χ4n) is 6.34. The molecule has 7 heteroatoms. The van der Waals surface area contributed by atoms with Gasteiger partial charge in [-0.05, 0) is 64.6 Å². The van der Waals surface area contributed by atoms with Gasteiger partial charge in [-0.1, -0.05) is 13.3 Å². The number of carbonyl (C=O) groups is 1. The molecule has 4 rings (SSSR count). The SMILES string of the molecule is CCCN1C[C@@H](NC(=O)N(CC)CCN2CCCCC2)C[C@@H]2CC3(CCC21)OCCO3. The van der Waals surface area contributed by atoms with Crippen molar-refractivity contribution in [2.45, 2.75) is 83.1 Å². The van der Waals surface area contributed by atoms with Crippen LogP contribution in [0.4, 0.5) is 4.79 Å². The standard InChI is InChI=1S/C24H44N4O3/c1-3-10-28-19-21(17-20-18-24(9-8-22(20)28)30-15-16-31-24)25-23(29)27(4-2)14-13-26-11-6-5-7-12-26/h20-22H,3-19H2,1-2H3,(H,25,29)/t20-,21+,22?/m1/s1. The number of piperidine rings is 2. The van der Waals surface area contributed by atoms with Gasteiger partial charge in [0.15, 0.2) is 5.79 Å². The molecule has 1 unspecified atom stereocenters. The Kier molecular flexibility index (Phi) is 8.12. The summed E-state index contributed by atoms with van der Waals surface area (Å²) in [5.74, 6) is 0.176. The van der Waals surface area contributed by atoms with Gasteiger partial charge in [0.05, 0.1) is 13.2 Å². The van der Waals surface area contributed by atoms with Crippen molar-refractivity contribution in [3.63, 3.8) is 0 Å². The molecule has 7 nitrogen and oxygen atoms in total. The molecule has 0 bridgehead atoms. The Bertz CT molecular complexity index is 577. The zero-order chi connectivity index (χ0) is 21.7. The van der Waals surface area contributed by atoms with Crippen LogP contribution in [0, 0.1) is 5.92 Å². The first-order chi connectivity index (χ1) is 15.1. The third kappa shape index (κ3) is 5.73. The Labute approximate surface area is 188 Å². The van der Waals surface area contributed by atoms with E-state index in [9.17, 15) is 4.79 Å². The van der Waals surface area contributed by atoms with Crippen LogP contribution in [0.2, 0.25) is 0 Å². The molecule has 31 heavy (non-hydrogen) atoms.